The van der Waals surface area contributed by atoms with Crippen LogP contribution in [0.25, 0.3) is 0 Å². The van der Waals surface area contributed by atoms with Gasteiger partial charge in [0.05, 0.1) is 7.11 Å². The van der Waals surface area contributed by atoms with E-state index in [1.54, 1.807) is 12.1 Å². The maximum absolute atomic E-state index is 13.1. The van der Waals surface area contributed by atoms with E-state index in [9.17, 15) is 14.0 Å². The molecule has 1 N–H and O–H groups in total. The van der Waals surface area contributed by atoms with E-state index in [0.29, 0.717) is 18.5 Å². The largest absolute Gasteiger partial charge is 0.468 e. The van der Waals surface area contributed by atoms with Gasteiger partial charge in [-0.15, -0.1) is 0 Å². The van der Waals surface area contributed by atoms with Gasteiger partial charge in [0.25, 0.3) is 0 Å². The highest BCUT2D eigenvalue weighted by Crippen LogP contribution is 2.26. The van der Waals surface area contributed by atoms with Gasteiger partial charge in [-0.3, -0.25) is 9.69 Å². The summed E-state index contributed by atoms with van der Waals surface area (Å²) in [5, 5.41) is 2.98. The number of ether oxygens (including phenoxy) is 1. The highest BCUT2D eigenvalue weighted by atomic mass is 19.1. The van der Waals surface area contributed by atoms with Gasteiger partial charge in [-0.25, -0.2) is 9.18 Å². The van der Waals surface area contributed by atoms with Gasteiger partial charge < -0.3 is 10.1 Å². The summed E-state index contributed by atoms with van der Waals surface area (Å²) in [7, 11) is 1.35. The molecule has 1 amide bonds. The van der Waals surface area contributed by atoms with Gasteiger partial charge in [0, 0.05) is 19.0 Å². The molecule has 2 atom stereocenters. The average Bonchev–Trinajstić information content (AvgIpc) is 2.57. The van der Waals surface area contributed by atoms with Gasteiger partial charge in [-0.2, -0.15) is 0 Å². The Morgan fingerprint density at radius 1 is 1.39 bits per heavy atom. The van der Waals surface area contributed by atoms with Gasteiger partial charge in [0.2, 0.25) is 5.91 Å². The van der Waals surface area contributed by atoms with Gasteiger partial charge in [0.1, 0.15) is 11.9 Å². The van der Waals surface area contributed by atoms with Crippen LogP contribution in [0.5, 0.6) is 0 Å². The second-order valence-corrected chi connectivity index (χ2v) is 5.73. The molecule has 0 radical (unpaired) electrons. The predicted octanol–water partition coefficient (Wildman–Crippen LogP) is 2.03. The maximum atomic E-state index is 13.1. The number of amides is 1. The summed E-state index contributed by atoms with van der Waals surface area (Å²) in [6.07, 6.45) is 2.21. The Morgan fingerprint density at radius 2 is 2.09 bits per heavy atom. The van der Waals surface area contributed by atoms with Crippen LogP contribution in [0, 0.1) is 5.82 Å². The summed E-state index contributed by atoms with van der Waals surface area (Å²) in [4.78, 5) is 25.8. The highest BCUT2D eigenvalue weighted by molar-refractivity contribution is 5.78. The molecule has 0 saturated carbocycles. The molecule has 1 aromatic carbocycles. The summed E-state index contributed by atoms with van der Waals surface area (Å²) in [5.74, 6) is -0.712. The molecule has 1 aliphatic heterocycles. The quantitative estimate of drug-likeness (QED) is 0.843. The molecule has 1 aliphatic rings. The van der Waals surface area contributed by atoms with Crippen LogP contribution in [-0.4, -0.2) is 43.0 Å². The van der Waals surface area contributed by atoms with Crippen molar-refractivity contribution in [2.75, 3.05) is 20.2 Å². The molecule has 1 saturated heterocycles. The molecular formula is C17H23FN2O3. The third kappa shape index (κ3) is 4.51. The Hall–Kier alpha value is -1.95. The first-order valence-electron chi connectivity index (χ1n) is 7.91. The van der Waals surface area contributed by atoms with E-state index in [4.69, 9.17) is 4.74 Å². The molecule has 0 aliphatic carbocycles. The fraction of sp³-hybridized carbons (Fsp3) is 0.529. The number of carbonyl (C=O) groups is 2. The molecule has 2 rings (SSSR count). The number of esters is 1. The van der Waals surface area contributed by atoms with E-state index in [-0.39, 0.29) is 23.7 Å². The van der Waals surface area contributed by atoms with Crippen LogP contribution >= 0.6 is 0 Å². The molecule has 126 valence electrons. The molecule has 0 aromatic heterocycles. The lowest BCUT2D eigenvalue weighted by Crippen LogP contribution is -2.50. The Balaban J connectivity index is 2.16. The predicted molar refractivity (Wildman–Crippen MR) is 84.2 cm³/mol. The Labute approximate surface area is 135 Å². The number of hydrogen-bond donors (Lipinski definition) is 1. The minimum Gasteiger partial charge on any atom is -0.468 e. The lowest BCUT2D eigenvalue weighted by molar-refractivity contribution is -0.148. The number of rotatable bonds is 5. The van der Waals surface area contributed by atoms with Crippen LogP contribution in [0.15, 0.2) is 24.3 Å². The Kier molecular flexibility index (Phi) is 6.10. The van der Waals surface area contributed by atoms with E-state index in [0.717, 1.165) is 19.4 Å². The molecule has 5 nitrogen and oxygen atoms in total. The summed E-state index contributed by atoms with van der Waals surface area (Å²) >= 11 is 0. The fourth-order valence-corrected chi connectivity index (χ4v) is 2.94. The van der Waals surface area contributed by atoms with Crippen LogP contribution < -0.4 is 5.32 Å². The van der Waals surface area contributed by atoms with Crippen molar-refractivity contribution < 1.29 is 18.7 Å². The first kappa shape index (κ1) is 17.4. The fourth-order valence-electron chi connectivity index (χ4n) is 2.94. The number of likely N-dealkylation sites (tertiary alicyclic amines) is 1. The molecule has 0 unspecified atom stereocenters. The van der Waals surface area contributed by atoms with E-state index in [1.165, 1.54) is 19.2 Å². The molecule has 0 bridgehead atoms. The molecular weight excluding hydrogens is 299 g/mol. The van der Waals surface area contributed by atoms with Crippen molar-refractivity contribution in [1.82, 2.24) is 10.2 Å². The van der Waals surface area contributed by atoms with Gasteiger partial charge in [0.15, 0.2) is 0 Å². The number of carbonyl (C=O) groups excluding carboxylic acids is 2. The summed E-state index contributed by atoms with van der Waals surface area (Å²) in [5.41, 5.74) is 0.695. The number of benzene rings is 1. The molecule has 6 heteroatoms. The van der Waals surface area contributed by atoms with E-state index in [1.807, 2.05) is 11.8 Å². The number of nitrogens with zero attached hydrogens (tertiary/aromatic N) is 1. The van der Waals surface area contributed by atoms with Crippen LogP contribution in [0.4, 0.5) is 4.39 Å². The third-order valence-electron chi connectivity index (χ3n) is 4.11. The Bertz CT molecular complexity index is 547. The number of nitrogens with one attached hydrogen (secondary N) is 1. The SMILES string of the molecule is CCC(=O)N[C@@H]1CCCN([C@H](C(=O)OC)c2ccc(F)cc2)C1. The van der Waals surface area contributed by atoms with Crippen LogP contribution in [0.3, 0.4) is 0 Å². The van der Waals surface area contributed by atoms with Crippen molar-refractivity contribution in [2.24, 2.45) is 0 Å². The molecule has 0 spiro atoms. The monoisotopic (exact) mass is 322 g/mol. The zero-order valence-electron chi connectivity index (χ0n) is 13.5. The second kappa shape index (κ2) is 8.06. The van der Waals surface area contributed by atoms with Crippen molar-refractivity contribution in [3.05, 3.63) is 35.6 Å². The summed E-state index contributed by atoms with van der Waals surface area (Å²) in [6.45, 7) is 3.12. The van der Waals surface area contributed by atoms with Gasteiger partial charge >= 0.3 is 5.97 Å². The lowest BCUT2D eigenvalue weighted by Gasteiger charge is -2.37. The molecule has 1 aromatic rings. The minimum absolute atomic E-state index is 0.00764. The highest BCUT2D eigenvalue weighted by Gasteiger charge is 2.32. The number of hydrogen-bond acceptors (Lipinski definition) is 4. The van der Waals surface area contributed by atoms with Crippen molar-refractivity contribution in [1.29, 1.82) is 0 Å². The van der Waals surface area contributed by atoms with E-state index in [2.05, 4.69) is 5.32 Å². The zero-order chi connectivity index (χ0) is 16.8. The lowest BCUT2D eigenvalue weighted by atomic mass is 9.99. The van der Waals surface area contributed by atoms with Crippen molar-refractivity contribution in [3.8, 4) is 0 Å². The first-order valence-corrected chi connectivity index (χ1v) is 7.91. The van der Waals surface area contributed by atoms with Gasteiger partial charge in [-0.1, -0.05) is 19.1 Å². The summed E-state index contributed by atoms with van der Waals surface area (Å²) < 4.78 is 18.1. The van der Waals surface area contributed by atoms with Crippen molar-refractivity contribution in [3.63, 3.8) is 0 Å². The second-order valence-electron chi connectivity index (χ2n) is 5.73. The maximum Gasteiger partial charge on any atom is 0.327 e. The average molecular weight is 322 g/mol. The standard InChI is InChI=1S/C17H23FN2O3/c1-3-15(21)19-14-5-4-10-20(11-14)16(17(22)23-2)12-6-8-13(18)9-7-12/h6-9,14,16H,3-5,10-11H2,1-2H3,(H,19,21)/t14-,16+/m1/s1. The smallest absolute Gasteiger partial charge is 0.327 e. The van der Waals surface area contributed by atoms with E-state index >= 15 is 0 Å². The van der Waals surface area contributed by atoms with Crippen LogP contribution in [0.2, 0.25) is 0 Å². The van der Waals surface area contributed by atoms with Gasteiger partial charge in [-0.05, 0) is 37.1 Å². The third-order valence-corrected chi connectivity index (χ3v) is 4.11. The van der Waals surface area contributed by atoms with Crippen LogP contribution in [0.1, 0.15) is 37.8 Å². The first-order chi connectivity index (χ1) is 11.0. The topological polar surface area (TPSA) is 58.6 Å². The molecule has 1 fully saturated rings. The number of piperidine rings is 1. The summed E-state index contributed by atoms with van der Waals surface area (Å²) in [6, 6.07) is 5.32. The normalized spacial score (nSPS) is 19.9. The number of methoxy groups -OCH3 is 1. The number of halogens is 1. The van der Waals surface area contributed by atoms with Crippen LogP contribution in [-0.2, 0) is 14.3 Å². The molecule has 23 heavy (non-hydrogen) atoms. The zero-order valence-corrected chi connectivity index (χ0v) is 13.5. The van der Waals surface area contributed by atoms with Crippen molar-refractivity contribution >= 4 is 11.9 Å². The molecule has 1 heterocycles. The van der Waals surface area contributed by atoms with E-state index < -0.39 is 6.04 Å². The Morgan fingerprint density at radius 3 is 2.70 bits per heavy atom. The minimum atomic E-state index is -0.582. The van der Waals surface area contributed by atoms with Crippen molar-refractivity contribution in [2.45, 2.75) is 38.3 Å².